The maximum atomic E-state index is 13.4. The van der Waals surface area contributed by atoms with Crippen LogP contribution in [0.1, 0.15) is 47.6 Å². The molecule has 0 bridgehead atoms. The van der Waals surface area contributed by atoms with Crippen LogP contribution < -0.4 is 20.9 Å². The minimum atomic E-state index is -0.720. The third kappa shape index (κ3) is 14.3. The summed E-state index contributed by atoms with van der Waals surface area (Å²) in [7, 11) is 1.75. The standard InChI is InChI=1S/C43H51N7O10.C7H7NO3/c1-44-27-43(28-47-35(51)16-20-48-36(52)12-13-37(48)53)29-50(40(56)17-21-49-38(54)14-15-39(49)55)41(43)45-18-22-58-24-25-59-23-19-46-42(57)60-34-26-32-8-3-2-6-30(32)10-11-31-7-4-5-9-33(31)34;9-5-1-4-8-6(10)2-3-7(8)11/h2-9,12-15,34,44H,10-11,16-29H2,1H3,(H,46,57)(H,47,51);2-3,5H,1,4H2/p+1. The van der Waals surface area contributed by atoms with Crippen LogP contribution in [0.3, 0.4) is 0 Å². The summed E-state index contributed by atoms with van der Waals surface area (Å²) in [5.74, 6) is -2.70. The zero-order valence-corrected chi connectivity index (χ0v) is 39.6. The number of benzene rings is 2. The van der Waals surface area contributed by atoms with Crippen LogP contribution in [0.15, 0.2) is 85.0 Å². The predicted octanol–water partition coefficient (Wildman–Crippen LogP) is -1.40. The Labute approximate surface area is 410 Å². The molecule has 1 saturated heterocycles. The van der Waals surface area contributed by atoms with E-state index in [-0.39, 0.29) is 109 Å². The lowest BCUT2D eigenvalue weighted by Gasteiger charge is -2.44. The van der Waals surface area contributed by atoms with Crippen molar-refractivity contribution in [3.05, 3.63) is 107 Å². The number of ether oxygens (including phenoxy) is 3. The number of hydrogen-bond acceptors (Lipinski definition) is 14. The molecular formula is C50H59N8O13+. The minimum absolute atomic E-state index is 0.0619. The molecule has 0 saturated carbocycles. The van der Waals surface area contributed by atoms with Crippen molar-refractivity contribution in [2.45, 2.75) is 44.6 Å². The fourth-order valence-corrected chi connectivity index (χ4v) is 8.60. The number of fused-ring (bicyclic) bond motifs is 2. The van der Waals surface area contributed by atoms with Crippen molar-refractivity contribution in [2.75, 3.05) is 85.8 Å². The highest BCUT2D eigenvalue weighted by Crippen LogP contribution is 2.32. The highest BCUT2D eigenvalue weighted by molar-refractivity contribution is 6.14. The van der Waals surface area contributed by atoms with Crippen LogP contribution in [0.4, 0.5) is 4.79 Å². The maximum absolute atomic E-state index is 13.4. The lowest BCUT2D eigenvalue weighted by atomic mass is 9.77. The van der Waals surface area contributed by atoms with Gasteiger partial charge in [0.2, 0.25) is 5.91 Å². The van der Waals surface area contributed by atoms with Crippen LogP contribution in [0, 0.1) is 5.41 Å². The van der Waals surface area contributed by atoms with Gasteiger partial charge in [-0.1, -0.05) is 48.5 Å². The molecule has 0 spiro atoms. The quantitative estimate of drug-likeness (QED) is 0.0568. The summed E-state index contributed by atoms with van der Waals surface area (Å²) in [5.41, 5.74) is 3.91. The van der Waals surface area contributed by atoms with Crippen LogP contribution in [0.2, 0.25) is 0 Å². The molecule has 4 N–H and O–H groups in total. The molecule has 9 amide bonds. The Kier molecular flexibility index (Phi) is 19.3. The van der Waals surface area contributed by atoms with Gasteiger partial charge >= 0.3 is 12.0 Å². The zero-order chi connectivity index (χ0) is 50.8. The second kappa shape index (κ2) is 25.9. The number of alkyl carbamates (subject to hydrolysis) is 1. The molecule has 1 fully saturated rings. The summed E-state index contributed by atoms with van der Waals surface area (Å²) in [4.78, 5) is 126. The number of carbonyl (C=O) groups excluding carboxylic acids is 10. The first-order valence-corrected chi connectivity index (χ1v) is 23.5. The van der Waals surface area contributed by atoms with Crippen molar-refractivity contribution in [3.8, 4) is 0 Å². The molecule has 2 unspecified atom stereocenters. The smallest absolute Gasteiger partial charge is 0.407 e. The van der Waals surface area contributed by atoms with Crippen molar-refractivity contribution < 1.29 is 67.1 Å². The van der Waals surface area contributed by atoms with Crippen molar-refractivity contribution >= 4 is 65.5 Å². The normalized spacial score (nSPS) is 19.6. The molecule has 0 aromatic heterocycles. The van der Waals surface area contributed by atoms with Crippen molar-refractivity contribution in [1.29, 1.82) is 0 Å². The fourth-order valence-electron chi connectivity index (χ4n) is 8.60. The summed E-state index contributed by atoms with van der Waals surface area (Å²) in [6, 6.07) is 16.3. The van der Waals surface area contributed by atoms with Gasteiger partial charge in [0.1, 0.15) is 30.9 Å². The number of imide groups is 3. The molecular weight excluding hydrogens is 921 g/mol. The molecule has 7 rings (SSSR count). The monoisotopic (exact) mass is 979 g/mol. The van der Waals surface area contributed by atoms with Gasteiger partial charge in [-0.25, -0.2) is 9.59 Å². The molecule has 1 aliphatic carbocycles. The topological polar surface area (TPSA) is 261 Å². The summed E-state index contributed by atoms with van der Waals surface area (Å²) in [5, 5.41) is 8.80. The van der Waals surface area contributed by atoms with E-state index in [4.69, 9.17) is 14.2 Å². The number of nitrogens with one attached hydrogen (secondary N) is 4. The molecule has 2 aromatic rings. The highest BCUT2D eigenvalue weighted by Gasteiger charge is 2.59. The Morgan fingerprint density at radius 3 is 1.85 bits per heavy atom. The Hall–Kier alpha value is -7.49. The number of hydrogen-bond donors (Lipinski definition) is 4. The first-order valence-electron chi connectivity index (χ1n) is 23.5. The first-order chi connectivity index (χ1) is 34.3. The van der Waals surface area contributed by atoms with E-state index in [1.54, 1.807) is 7.05 Å². The van der Waals surface area contributed by atoms with Crippen LogP contribution in [0.25, 0.3) is 0 Å². The van der Waals surface area contributed by atoms with Gasteiger partial charge in [-0.05, 0) is 42.1 Å². The molecule has 4 aliphatic heterocycles. The number of aryl methyl sites for hydroxylation is 2. The van der Waals surface area contributed by atoms with Crippen molar-refractivity contribution in [1.82, 2.24) is 35.6 Å². The Balaban J connectivity index is 0.000000661. The van der Waals surface area contributed by atoms with E-state index in [2.05, 4.69) is 39.1 Å². The number of amides is 9. The average Bonchev–Trinajstić information content (AvgIpc) is 3.98. The molecule has 71 heavy (non-hydrogen) atoms. The fraction of sp³-hybridized carbons (Fsp3) is 0.420. The predicted molar refractivity (Wildman–Crippen MR) is 252 cm³/mol. The van der Waals surface area contributed by atoms with Gasteiger partial charge in [-0.2, -0.15) is 4.90 Å². The van der Waals surface area contributed by atoms with Crippen LogP contribution in [0.5, 0.6) is 0 Å². The summed E-state index contributed by atoms with van der Waals surface area (Å²) in [6.07, 6.45) is 9.23. The molecule has 5 aliphatic rings. The van der Waals surface area contributed by atoms with Crippen molar-refractivity contribution in [3.63, 3.8) is 0 Å². The number of rotatable bonds is 23. The maximum Gasteiger partial charge on any atom is 0.407 e. The van der Waals surface area contributed by atoms with E-state index in [0.717, 1.165) is 45.3 Å². The molecule has 2 atom stereocenters. The number of nitrogens with zero attached hydrogens (tertiary/aromatic N) is 4. The van der Waals surface area contributed by atoms with Crippen LogP contribution in [-0.4, -0.2) is 171 Å². The Bertz CT molecular complexity index is 2430. The van der Waals surface area contributed by atoms with E-state index < -0.39 is 41.2 Å². The van der Waals surface area contributed by atoms with Gasteiger partial charge in [0.05, 0.1) is 32.8 Å². The molecule has 376 valence electrons. The molecule has 21 nitrogen and oxygen atoms in total. The summed E-state index contributed by atoms with van der Waals surface area (Å²) in [6.45, 7) is 2.42. The second-order valence-corrected chi connectivity index (χ2v) is 17.0. The van der Waals surface area contributed by atoms with E-state index in [0.29, 0.717) is 31.6 Å². The molecule has 0 radical (unpaired) electrons. The summed E-state index contributed by atoms with van der Waals surface area (Å²) < 4.78 is 17.4. The van der Waals surface area contributed by atoms with Gasteiger partial charge in [0.25, 0.3) is 41.3 Å². The van der Waals surface area contributed by atoms with E-state index in [9.17, 15) is 47.9 Å². The number of amidine groups is 1. The number of likely N-dealkylation sites (tertiary alicyclic amines) is 1. The largest absolute Gasteiger partial charge is 0.441 e. The minimum Gasteiger partial charge on any atom is -0.441 e. The molecule has 21 heteroatoms. The third-order valence-electron chi connectivity index (χ3n) is 12.2. The Morgan fingerprint density at radius 1 is 0.676 bits per heavy atom. The summed E-state index contributed by atoms with van der Waals surface area (Å²) >= 11 is 0. The van der Waals surface area contributed by atoms with Crippen LogP contribution in [-0.2, 0) is 76.6 Å². The number of carbonyl (C=O) groups is 10. The van der Waals surface area contributed by atoms with Gasteiger partial charge in [-0.15, -0.1) is 0 Å². The number of aldehydes is 1. The van der Waals surface area contributed by atoms with Gasteiger partial charge < -0.3 is 35.0 Å². The SMILES string of the molecule is CNCC1(CNC(=O)CCN2C(=O)C=CC2=O)CN(C(=O)CCN2C(=O)C=CC2=O)C1=[NH+]CCOCCOCCNC(=O)OC1Cc2ccccc2CCc2ccccc21.O=CCCN1C(=O)C=CC1=O. The van der Waals surface area contributed by atoms with E-state index in [1.165, 1.54) is 45.9 Å². The van der Waals surface area contributed by atoms with Crippen LogP contribution >= 0.6 is 0 Å². The Morgan fingerprint density at radius 2 is 1.23 bits per heavy atom. The lowest BCUT2D eigenvalue weighted by Crippen LogP contribution is -2.89. The average molecular weight is 980 g/mol. The highest BCUT2D eigenvalue weighted by atomic mass is 16.6. The lowest BCUT2D eigenvalue weighted by molar-refractivity contribution is -0.475. The zero-order valence-electron chi connectivity index (χ0n) is 39.6. The van der Waals surface area contributed by atoms with Gasteiger partial charge in [-0.3, -0.25) is 53.3 Å². The second-order valence-electron chi connectivity index (χ2n) is 17.0. The molecule has 4 heterocycles. The molecule has 2 aromatic carbocycles. The van der Waals surface area contributed by atoms with Gasteiger partial charge in [0.15, 0.2) is 0 Å². The van der Waals surface area contributed by atoms with Gasteiger partial charge in [0, 0.05) is 95.0 Å². The third-order valence-corrected chi connectivity index (χ3v) is 12.2. The first kappa shape index (κ1) is 52.9. The van der Waals surface area contributed by atoms with Crippen molar-refractivity contribution in [2.24, 2.45) is 5.41 Å². The van der Waals surface area contributed by atoms with E-state index >= 15 is 0 Å². The van der Waals surface area contributed by atoms with E-state index in [1.807, 2.05) is 30.3 Å².